The predicted molar refractivity (Wildman–Crippen MR) is 33.4 cm³/mol. The zero-order valence-corrected chi connectivity index (χ0v) is 6.40. The Kier molecular flexibility index (Phi) is 4.95. The molecule has 0 fully saturated rings. The molecule has 1 atom stereocenters. The predicted octanol–water partition coefficient (Wildman–Crippen LogP) is 0.701. The molecule has 0 amide bonds. The summed E-state index contributed by atoms with van der Waals surface area (Å²) in [7, 11) is 0. The first-order valence-electron chi connectivity index (χ1n) is 2.65. The van der Waals surface area contributed by atoms with Gasteiger partial charge in [-0.05, 0) is 0 Å². The molecule has 0 aromatic carbocycles. The van der Waals surface area contributed by atoms with E-state index in [1.807, 2.05) is 0 Å². The van der Waals surface area contributed by atoms with Crippen LogP contribution in [0, 0.1) is 0 Å². The molecule has 2 heteroatoms. The van der Waals surface area contributed by atoms with Crippen molar-refractivity contribution in [1.82, 2.24) is 0 Å². The normalized spacial score (nSPS) is 14.1. The van der Waals surface area contributed by atoms with Crippen molar-refractivity contribution in [3.63, 3.8) is 0 Å². The summed E-state index contributed by atoms with van der Waals surface area (Å²) in [6.07, 6.45) is 2.34. The second-order valence-electron chi connectivity index (χ2n) is 1.72. The van der Waals surface area contributed by atoms with Crippen molar-refractivity contribution < 1.29 is 0 Å². The van der Waals surface area contributed by atoms with E-state index in [-0.39, 0.29) is 0 Å². The zero-order chi connectivity index (χ0) is 5.70. The van der Waals surface area contributed by atoms with Gasteiger partial charge in [0.2, 0.25) is 0 Å². The summed E-state index contributed by atoms with van der Waals surface area (Å²) in [6.45, 7) is 2.15. The Balaban J connectivity index is 2.83. The average molecular weight is 165 g/mol. The van der Waals surface area contributed by atoms with Gasteiger partial charge in [0, 0.05) is 0 Å². The van der Waals surface area contributed by atoms with Crippen molar-refractivity contribution in [2.45, 2.75) is 31.1 Å². The minimum absolute atomic E-state index is 0.394. The van der Waals surface area contributed by atoms with Gasteiger partial charge in [-0.15, -0.1) is 0 Å². The van der Waals surface area contributed by atoms with Crippen LogP contribution in [0.1, 0.15) is 19.8 Å². The summed E-state index contributed by atoms with van der Waals surface area (Å²) < 4.78 is 0. The van der Waals surface area contributed by atoms with Crippen molar-refractivity contribution in [3.8, 4) is 0 Å². The fraction of sp³-hybridized carbons (Fsp3) is 1.00. The van der Waals surface area contributed by atoms with Crippen molar-refractivity contribution in [1.29, 1.82) is 0 Å². The molecule has 0 heterocycles. The van der Waals surface area contributed by atoms with Gasteiger partial charge in [-0.2, -0.15) is 0 Å². The first kappa shape index (κ1) is 7.48. The van der Waals surface area contributed by atoms with Gasteiger partial charge < -0.3 is 0 Å². The second-order valence-corrected chi connectivity index (χ2v) is 2.41. The maximum atomic E-state index is 5.55. The summed E-state index contributed by atoms with van der Waals surface area (Å²) in [5.41, 5.74) is 5.55. The monoisotopic (exact) mass is 166 g/mol. The SMILES string of the molecule is CCCC(N)C[Se]. The topological polar surface area (TPSA) is 26.0 Å². The van der Waals surface area contributed by atoms with Gasteiger partial charge in [-0.3, -0.25) is 0 Å². The van der Waals surface area contributed by atoms with Crippen LogP contribution in [-0.4, -0.2) is 22.1 Å². The van der Waals surface area contributed by atoms with Gasteiger partial charge >= 0.3 is 52.9 Å². The Morgan fingerprint density at radius 2 is 2.29 bits per heavy atom. The van der Waals surface area contributed by atoms with Gasteiger partial charge in [0.25, 0.3) is 0 Å². The molecule has 2 N–H and O–H groups in total. The maximum absolute atomic E-state index is 5.55. The molecule has 0 aliphatic rings. The molecule has 0 aliphatic heterocycles. The van der Waals surface area contributed by atoms with E-state index in [2.05, 4.69) is 22.9 Å². The second kappa shape index (κ2) is 4.63. The van der Waals surface area contributed by atoms with Crippen LogP contribution in [0.2, 0.25) is 5.32 Å². The molecule has 0 aromatic rings. The van der Waals surface area contributed by atoms with E-state index in [1.165, 1.54) is 6.42 Å². The van der Waals surface area contributed by atoms with Crippen LogP contribution in [0.5, 0.6) is 0 Å². The Labute approximate surface area is 53.5 Å². The fourth-order valence-corrected chi connectivity index (χ4v) is 0.804. The molecule has 0 aliphatic carbocycles. The van der Waals surface area contributed by atoms with Crippen LogP contribution < -0.4 is 5.73 Å². The zero-order valence-electron chi connectivity index (χ0n) is 4.68. The molecule has 0 spiro atoms. The Hall–Kier alpha value is 0.479. The molecule has 43 valence electrons. The van der Waals surface area contributed by atoms with Crippen molar-refractivity contribution in [2.75, 3.05) is 0 Å². The molecule has 0 saturated carbocycles. The first-order chi connectivity index (χ1) is 3.31. The summed E-state index contributed by atoms with van der Waals surface area (Å²) in [5.74, 6) is 0. The molecule has 1 nitrogen and oxygen atoms in total. The minimum atomic E-state index is 0.394. The fourth-order valence-electron chi connectivity index (χ4n) is 0.454. The summed E-state index contributed by atoms with van der Waals surface area (Å²) >= 11 is 2.90. The molecular weight excluding hydrogens is 153 g/mol. The van der Waals surface area contributed by atoms with Crippen LogP contribution >= 0.6 is 0 Å². The number of hydrogen-bond acceptors (Lipinski definition) is 1. The van der Waals surface area contributed by atoms with Crippen LogP contribution in [0.3, 0.4) is 0 Å². The van der Waals surface area contributed by atoms with Gasteiger partial charge in [0.15, 0.2) is 0 Å². The summed E-state index contributed by atoms with van der Waals surface area (Å²) in [4.78, 5) is 0. The molecule has 1 radical (unpaired) electrons. The Morgan fingerprint density at radius 3 is 2.43 bits per heavy atom. The first-order valence-corrected chi connectivity index (χ1v) is 3.86. The molecule has 1 unspecified atom stereocenters. The number of hydrogen-bond donors (Lipinski definition) is 1. The number of rotatable bonds is 3. The van der Waals surface area contributed by atoms with E-state index in [4.69, 9.17) is 5.73 Å². The average Bonchev–Trinajstić information content (AvgIpc) is 1.68. The van der Waals surface area contributed by atoms with Gasteiger partial charge in [0.1, 0.15) is 0 Å². The summed E-state index contributed by atoms with van der Waals surface area (Å²) in [5, 5.41) is 0.994. The molecule has 0 saturated heterocycles. The third-order valence-corrected chi connectivity index (χ3v) is 1.77. The van der Waals surface area contributed by atoms with E-state index in [9.17, 15) is 0 Å². The molecule has 0 rings (SSSR count). The van der Waals surface area contributed by atoms with E-state index < -0.39 is 0 Å². The molecule has 0 aromatic heterocycles. The number of nitrogens with two attached hydrogens (primary N) is 1. The van der Waals surface area contributed by atoms with Crippen molar-refractivity contribution in [3.05, 3.63) is 0 Å². The van der Waals surface area contributed by atoms with E-state index in [0.717, 1.165) is 11.7 Å². The third kappa shape index (κ3) is 4.33. The van der Waals surface area contributed by atoms with E-state index >= 15 is 0 Å². The molecule has 7 heavy (non-hydrogen) atoms. The Bertz CT molecular complexity index is 39.1. The quantitative estimate of drug-likeness (QED) is 0.612. The standard InChI is InChI=1S/C5H12NSe/c1-2-3-5(6)4-7/h5H,2-4,6H2,1H3. The molecule has 0 bridgehead atoms. The van der Waals surface area contributed by atoms with Gasteiger partial charge in [0.05, 0.1) is 0 Å². The Morgan fingerprint density at radius 1 is 1.71 bits per heavy atom. The van der Waals surface area contributed by atoms with Crippen LogP contribution in [0.4, 0.5) is 0 Å². The molecular formula is C5H12NSe. The van der Waals surface area contributed by atoms with E-state index in [0.29, 0.717) is 6.04 Å². The van der Waals surface area contributed by atoms with Crippen molar-refractivity contribution >= 4 is 16.0 Å². The van der Waals surface area contributed by atoms with E-state index in [1.54, 1.807) is 0 Å². The van der Waals surface area contributed by atoms with Crippen LogP contribution in [0.25, 0.3) is 0 Å². The van der Waals surface area contributed by atoms with Crippen LogP contribution in [0.15, 0.2) is 0 Å². The van der Waals surface area contributed by atoms with Crippen molar-refractivity contribution in [2.24, 2.45) is 5.73 Å². The van der Waals surface area contributed by atoms with Gasteiger partial charge in [-0.1, -0.05) is 0 Å². The van der Waals surface area contributed by atoms with Crippen LogP contribution in [-0.2, 0) is 0 Å². The summed E-state index contributed by atoms with van der Waals surface area (Å²) in [6, 6.07) is 0.394. The van der Waals surface area contributed by atoms with Gasteiger partial charge in [-0.25, -0.2) is 0 Å². The third-order valence-electron chi connectivity index (χ3n) is 0.874.